The Bertz CT molecular complexity index is 544. The molecule has 2 atom stereocenters. The molecule has 1 fully saturated rings. The number of alkyl halides is 1. The summed E-state index contributed by atoms with van der Waals surface area (Å²) in [5.41, 5.74) is 0.966. The van der Waals surface area contributed by atoms with Crippen molar-refractivity contribution in [1.82, 2.24) is 4.31 Å². The molecule has 1 aliphatic carbocycles. The summed E-state index contributed by atoms with van der Waals surface area (Å²) in [4.78, 5) is 0.645. The molecule has 0 amide bonds. The minimum absolute atomic E-state index is 0.0549. The van der Waals surface area contributed by atoms with Crippen molar-refractivity contribution in [3.05, 3.63) is 29.8 Å². The molecular weight excluding hydrogens is 326 g/mol. The van der Waals surface area contributed by atoms with Gasteiger partial charge < -0.3 is 0 Å². The first-order valence-corrected chi connectivity index (χ1v) is 8.97. The molecule has 106 valence electrons. The van der Waals surface area contributed by atoms with E-state index in [1.807, 2.05) is 13.0 Å². The van der Waals surface area contributed by atoms with Crippen molar-refractivity contribution < 1.29 is 8.42 Å². The smallest absolute Gasteiger partial charge is 0.207 e. The normalized spacial score (nSPS) is 24.6. The van der Waals surface area contributed by atoms with E-state index in [9.17, 15) is 8.42 Å². The molecule has 5 heteroatoms. The van der Waals surface area contributed by atoms with Crippen molar-refractivity contribution in [2.75, 3.05) is 7.05 Å². The fraction of sp³-hybridized carbons (Fsp3) is 0.571. The molecule has 1 saturated carbocycles. The average Bonchev–Trinajstić information content (AvgIpc) is 2.38. The summed E-state index contributed by atoms with van der Waals surface area (Å²) in [5, 5.41) is 0. The van der Waals surface area contributed by atoms with Crippen LogP contribution in [0.4, 0.5) is 0 Å². The summed E-state index contributed by atoms with van der Waals surface area (Å²) in [6, 6.07) is 7.16. The Kier molecular flexibility index (Phi) is 4.69. The summed E-state index contributed by atoms with van der Waals surface area (Å²) >= 11 is 3.63. The number of aryl methyl sites for hydroxylation is 1. The molecule has 19 heavy (non-hydrogen) atoms. The van der Waals surface area contributed by atoms with Crippen molar-refractivity contribution in [3.63, 3.8) is 0 Å². The van der Waals surface area contributed by atoms with Gasteiger partial charge in [0.2, 0.25) is 10.0 Å². The van der Waals surface area contributed by atoms with E-state index < -0.39 is 10.0 Å². The number of nitrogens with zero attached hydrogens (tertiary/aromatic N) is 1. The van der Waals surface area contributed by atoms with Gasteiger partial charge in [0.25, 0.3) is 0 Å². The number of sulfonamides is 1. The topological polar surface area (TPSA) is 37.4 Å². The number of hydrogen-bond acceptors (Lipinski definition) is 2. The van der Waals surface area contributed by atoms with Gasteiger partial charge in [0.05, 0.1) is 4.90 Å². The molecule has 1 aromatic rings. The molecule has 2 unspecified atom stereocenters. The number of benzene rings is 1. The molecule has 2 rings (SSSR count). The molecule has 0 saturated heterocycles. The van der Waals surface area contributed by atoms with Gasteiger partial charge in [-0.05, 0) is 37.5 Å². The first-order chi connectivity index (χ1) is 8.93. The molecule has 0 N–H and O–H groups in total. The molecule has 3 nitrogen and oxygen atoms in total. The van der Waals surface area contributed by atoms with Crippen LogP contribution < -0.4 is 0 Å². The van der Waals surface area contributed by atoms with Crippen molar-refractivity contribution in [3.8, 4) is 0 Å². The van der Waals surface area contributed by atoms with Crippen LogP contribution in [0.25, 0.3) is 0 Å². The Labute approximate surface area is 124 Å². The second kappa shape index (κ2) is 5.94. The van der Waals surface area contributed by atoms with Crippen LogP contribution in [0, 0.1) is 6.92 Å². The van der Waals surface area contributed by atoms with E-state index in [1.54, 1.807) is 29.6 Å². The lowest BCUT2D eigenvalue weighted by Crippen LogP contribution is -2.43. The van der Waals surface area contributed by atoms with Crippen molar-refractivity contribution >= 4 is 26.0 Å². The molecule has 0 aliphatic heterocycles. The van der Waals surface area contributed by atoms with Crippen LogP contribution in [0.3, 0.4) is 0 Å². The van der Waals surface area contributed by atoms with Crippen LogP contribution in [-0.2, 0) is 10.0 Å². The fourth-order valence-corrected chi connectivity index (χ4v) is 5.22. The van der Waals surface area contributed by atoms with Gasteiger partial charge >= 0.3 is 0 Å². The molecule has 0 bridgehead atoms. The van der Waals surface area contributed by atoms with Gasteiger partial charge in [0.1, 0.15) is 0 Å². The predicted octanol–water partition coefficient (Wildman–Crippen LogP) is 3.32. The van der Waals surface area contributed by atoms with E-state index in [0.717, 1.165) is 24.8 Å². The molecule has 0 heterocycles. The van der Waals surface area contributed by atoms with E-state index in [-0.39, 0.29) is 10.9 Å². The summed E-state index contributed by atoms with van der Waals surface area (Å²) in [6.45, 7) is 1.91. The summed E-state index contributed by atoms with van der Waals surface area (Å²) in [5.74, 6) is 0. The van der Waals surface area contributed by atoms with Gasteiger partial charge in [-0.25, -0.2) is 8.42 Å². The van der Waals surface area contributed by atoms with E-state index in [0.29, 0.717) is 4.90 Å². The Balaban J connectivity index is 2.28. The van der Waals surface area contributed by atoms with Crippen LogP contribution >= 0.6 is 15.9 Å². The highest BCUT2D eigenvalue weighted by molar-refractivity contribution is 9.09. The molecule has 1 aromatic carbocycles. The fourth-order valence-electron chi connectivity index (χ4n) is 2.60. The number of halogens is 1. The molecule has 0 aromatic heterocycles. The van der Waals surface area contributed by atoms with E-state index in [4.69, 9.17) is 0 Å². The van der Waals surface area contributed by atoms with E-state index in [1.165, 1.54) is 6.42 Å². The summed E-state index contributed by atoms with van der Waals surface area (Å²) < 4.78 is 26.8. The van der Waals surface area contributed by atoms with Gasteiger partial charge in [0.15, 0.2) is 0 Å². The van der Waals surface area contributed by atoms with E-state index >= 15 is 0 Å². The zero-order valence-electron chi connectivity index (χ0n) is 11.3. The van der Waals surface area contributed by atoms with Crippen LogP contribution in [0.15, 0.2) is 29.2 Å². The van der Waals surface area contributed by atoms with Gasteiger partial charge in [-0.1, -0.05) is 40.9 Å². The summed E-state index contributed by atoms with van der Waals surface area (Å²) in [7, 11) is -1.69. The molecule has 0 radical (unpaired) electrons. The van der Waals surface area contributed by atoms with Crippen molar-refractivity contribution in [2.45, 2.75) is 48.4 Å². The first kappa shape index (κ1) is 15.0. The number of rotatable bonds is 3. The van der Waals surface area contributed by atoms with Gasteiger partial charge in [-0.15, -0.1) is 0 Å². The third kappa shape index (κ3) is 3.20. The maximum Gasteiger partial charge on any atom is 0.243 e. The van der Waals surface area contributed by atoms with Gasteiger partial charge in [-0.3, -0.25) is 0 Å². The van der Waals surface area contributed by atoms with E-state index in [2.05, 4.69) is 15.9 Å². The predicted molar refractivity (Wildman–Crippen MR) is 81.1 cm³/mol. The minimum atomic E-state index is -3.39. The summed E-state index contributed by atoms with van der Waals surface area (Å²) in [6.07, 6.45) is 4.24. The zero-order valence-corrected chi connectivity index (χ0v) is 13.7. The lowest BCUT2D eigenvalue weighted by atomic mass is 9.96. The van der Waals surface area contributed by atoms with Gasteiger partial charge in [-0.2, -0.15) is 4.31 Å². The second-order valence-corrected chi connectivity index (χ2v) is 8.38. The molecule has 0 spiro atoms. The highest BCUT2D eigenvalue weighted by atomic mass is 79.9. The first-order valence-electron chi connectivity index (χ1n) is 6.61. The van der Waals surface area contributed by atoms with Crippen LogP contribution in [-0.4, -0.2) is 30.6 Å². The highest BCUT2D eigenvalue weighted by Gasteiger charge is 2.33. The second-order valence-electron chi connectivity index (χ2n) is 5.21. The van der Waals surface area contributed by atoms with Crippen LogP contribution in [0.2, 0.25) is 0 Å². The monoisotopic (exact) mass is 345 g/mol. The molecule has 1 aliphatic rings. The van der Waals surface area contributed by atoms with Crippen molar-refractivity contribution in [1.29, 1.82) is 0 Å². The van der Waals surface area contributed by atoms with Crippen LogP contribution in [0.1, 0.15) is 31.2 Å². The lowest BCUT2D eigenvalue weighted by Gasteiger charge is -2.34. The SMILES string of the molecule is Cc1cccc(S(=O)(=O)N(C)C2CCCCC2Br)c1. The third-order valence-corrected chi connectivity index (χ3v) is 6.73. The third-order valence-electron chi connectivity index (χ3n) is 3.78. The van der Waals surface area contributed by atoms with Crippen LogP contribution in [0.5, 0.6) is 0 Å². The van der Waals surface area contributed by atoms with Crippen molar-refractivity contribution in [2.24, 2.45) is 0 Å². The lowest BCUT2D eigenvalue weighted by molar-refractivity contribution is 0.297. The maximum atomic E-state index is 12.6. The largest absolute Gasteiger partial charge is 0.243 e. The minimum Gasteiger partial charge on any atom is -0.207 e. The highest BCUT2D eigenvalue weighted by Crippen LogP contribution is 2.31. The Hall–Kier alpha value is -0.390. The Morgan fingerprint density at radius 3 is 2.58 bits per heavy atom. The molecular formula is C14H20BrNO2S. The maximum absolute atomic E-state index is 12.6. The number of hydrogen-bond donors (Lipinski definition) is 0. The quantitative estimate of drug-likeness (QED) is 0.788. The Morgan fingerprint density at radius 1 is 1.26 bits per heavy atom. The van der Waals surface area contributed by atoms with Gasteiger partial charge in [0, 0.05) is 17.9 Å². The standard InChI is InChI=1S/C14H20BrNO2S/c1-11-6-5-7-12(10-11)19(17,18)16(2)14-9-4-3-8-13(14)15/h5-7,10,13-14H,3-4,8-9H2,1-2H3. The zero-order chi connectivity index (χ0) is 14.0. The Morgan fingerprint density at radius 2 is 1.95 bits per heavy atom. The average molecular weight is 346 g/mol.